The van der Waals surface area contributed by atoms with E-state index in [2.05, 4.69) is 6.07 Å². The summed E-state index contributed by atoms with van der Waals surface area (Å²) in [6.07, 6.45) is 3.72. The lowest BCUT2D eigenvalue weighted by molar-refractivity contribution is -0.384. The van der Waals surface area contributed by atoms with Crippen LogP contribution in [0.25, 0.3) is 22.6 Å². The smallest absolute Gasteiger partial charge is 0.335 e. The van der Waals surface area contributed by atoms with Crippen LogP contribution < -0.4 is 0 Å². The van der Waals surface area contributed by atoms with E-state index in [1.165, 1.54) is 24.3 Å². The Morgan fingerprint density at radius 1 is 1.03 bits per heavy atom. The first kappa shape index (κ1) is 20.6. The minimum Gasteiger partial charge on any atom is -0.478 e. The van der Waals surface area contributed by atoms with Crippen LogP contribution in [-0.2, 0) is 6.54 Å². The molecule has 0 aliphatic carbocycles. The summed E-state index contributed by atoms with van der Waals surface area (Å²) in [5.41, 5.74) is 3.98. The number of allylic oxidation sites excluding steroid dienone is 1. The maximum absolute atomic E-state index is 11.1. The first-order valence-corrected chi connectivity index (χ1v) is 9.73. The second kappa shape index (κ2) is 8.58. The van der Waals surface area contributed by atoms with Gasteiger partial charge in [-0.15, -0.1) is 0 Å². The Labute approximate surface area is 183 Å². The fraction of sp³-hybridized carbons (Fsp3) is 0.0400. The maximum atomic E-state index is 11.1. The number of hydrogen-bond donors (Lipinski definition) is 1. The lowest BCUT2D eigenvalue weighted by Gasteiger charge is -2.05. The van der Waals surface area contributed by atoms with Crippen molar-refractivity contribution in [3.05, 3.63) is 111 Å². The molecule has 3 aromatic carbocycles. The molecule has 0 amide bonds. The Bertz CT molecular complexity index is 1390. The van der Waals surface area contributed by atoms with E-state index >= 15 is 0 Å². The number of benzene rings is 3. The monoisotopic (exact) mass is 423 g/mol. The highest BCUT2D eigenvalue weighted by Gasteiger charge is 2.11. The standard InChI is InChI=1S/C25H17N3O4/c26-14-20(18-7-9-19(10-8-18)25(29)30)13-21-16-27(24-4-2-1-3-23(21)24)15-17-5-11-22(12-6-17)28(31)32/h1-13,16H,15H2,(H,29,30)/b20-13-. The zero-order valence-corrected chi connectivity index (χ0v) is 16.8. The van der Waals surface area contributed by atoms with E-state index in [1.54, 1.807) is 30.3 Å². The molecule has 4 aromatic rings. The number of aromatic carboxylic acids is 1. The molecule has 0 radical (unpaired) electrons. The number of carboxylic acids is 1. The zero-order valence-electron chi connectivity index (χ0n) is 16.8. The predicted octanol–water partition coefficient (Wildman–Crippen LogP) is 5.36. The molecule has 0 saturated heterocycles. The van der Waals surface area contributed by atoms with Crippen molar-refractivity contribution in [2.45, 2.75) is 6.54 Å². The molecular formula is C25H17N3O4. The molecule has 0 unspecified atom stereocenters. The number of carbonyl (C=O) groups is 1. The minimum absolute atomic E-state index is 0.0438. The van der Waals surface area contributed by atoms with Crippen LogP contribution in [0.5, 0.6) is 0 Å². The molecule has 32 heavy (non-hydrogen) atoms. The number of hydrogen-bond acceptors (Lipinski definition) is 4. The number of nitrogens with zero attached hydrogens (tertiary/aromatic N) is 3. The van der Waals surface area contributed by atoms with Crippen molar-refractivity contribution in [1.82, 2.24) is 4.57 Å². The van der Waals surface area contributed by atoms with Crippen LogP contribution in [0.2, 0.25) is 0 Å². The van der Waals surface area contributed by atoms with Gasteiger partial charge in [0.25, 0.3) is 5.69 Å². The normalized spacial score (nSPS) is 11.3. The molecule has 0 aliphatic heterocycles. The van der Waals surface area contributed by atoms with Crippen molar-refractivity contribution in [2.75, 3.05) is 0 Å². The Morgan fingerprint density at radius 2 is 1.69 bits per heavy atom. The van der Waals surface area contributed by atoms with Gasteiger partial charge in [-0.25, -0.2) is 4.79 Å². The van der Waals surface area contributed by atoms with Gasteiger partial charge in [0.15, 0.2) is 0 Å². The van der Waals surface area contributed by atoms with Crippen LogP contribution in [0.4, 0.5) is 5.69 Å². The van der Waals surface area contributed by atoms with Gasteiger partial charge >= 0.3 is 5.97 Å². The van der Waals surface area contributed by atoms with Gasteiger partial charge in [-0.1, -0.05) is 42.5 Å². The summed E-state index contributed by atoms with van der Waals surface area (Å²) in [6.45, 7) is 0.515. The third-order valence-corrected chi connectivity index (χ3v) is 5.18. The molecule has 0 spiro atoms. The molecule has 0 bridgehead atoms. The number of aromatic nitrogens is 1. The molecule has 0 aliphatic rings. The van der Waals surface area contributed by atoms with Crippen molar-refractivity contribution < 1.29 is 14.8 Å². The number of nitro groups is 1. The summed E-state index contributed by atoms with van der Waals surface area (Å²) in [7, 11) is 0. The second-order valence-corrected chi connectivity index (χ2v) is 7.21. The molecule has 1 heterocycles. The molecule has 156 valence electrons. The highest BCUT2D eigenvalue weighted by molar-refractivity contribution is 5.98. The van der Waals surface area contributed by atoms with Crippen LogP contribution in [0.15, 0.2) is 79.0 Å². The van der Waals surface area contributed by atoms with Crippen LogP contribution >= 0.6 is 0 Å². The summed E-state index contributed by atoms with van der Waals surface area (Å²) in [6, 6.07) is 22.6. The lowest BCUT2D eigenvalue weighted by atomic mass is 10.0. The van der Waals surface area contributed by atoms with E-state index in [9.17, 15) is 20.2 Å². The molecule has 7 nitrogen and oxygen atoms in total. The molecule has 4 rings (SSSR count). The first-order valence-electron chi connectivity index (χ1n) is 9.73. The maximum Gasteiger partial charge on any atom is 0.335 e. The SMILES string of the molecule is N#C/C(=C/c1cn(Cc2ccc([N+](=O)[O-])cc2)c2ccccc12)c1ccc(C(=O)O)cc1. The number of rotatable bonds is 6. The largest absolute Gasteiger partial charge is 0.478 e. The molecule has 1 N–H and O–H groups in total. The van der Waals surface area contributed by atoms with Crippen LogP contribution in [0, 0.1) is 21.4 Å². The summed E-state index contributed by atoms with van der Waals surface area (Å²) in [5.74, 6) is -1.02. The molecule has 0 saturated carbocycles. The summed E-state index contributed by atoms with van der Waals surface area (Å²) >= 11 is 0. The number of nitriles is 1. The van der Waals surface area contributed by atoms with Gasteiger partial charge in [0.1, 0.15) is 0 Å². The molecule has 0 atom stereocenters. The topological polar surface area (TPSA) is 109 Å². The molecule has 0 fully saturated rings. The Hall–Kier alpha value is -4.70. The average Bonchev–Trinajstić information content (AvgIpc) is 3.15. The number of non-ortho nitro benzene ring substituents is 1. The fourth-order valence-electron chi connectivity index (χ4n) is 3.57. The van der Waals surface area contributed by atoms with Gasteiger partial charge in [0.2, 0.25) is 0 Å². The van der Waals surface area contributed by atoms with Gasteiger partial charge in [-0.2, -0.15) is 5.26 Å². The van der Waals surface area contributed by atoms with Crippen LogP contribution in [0.3, 0.4) is 0 Å². The fourth-order valence-corrected chi connectivity index (χ4v) is 3.57. The number of fused-ring (bicyclic) bond motifs is 1. The number of para-hydroxylation sites is 1. The van der Waals surface area contributed by atoms with E-state index in [-0.39, 0.29) is 11.3 Å². The lowest BCUT2D eigenvalue weighted by Crippen LogP contribution is -1.98. The first-order chi connectivity index (χ1) is 15.5. The summed E-state index contributed by atoms with van der Waals surface area (Å²) in [5, 5.41) is 30.6. The van der Waals surface area contributed by atoms with Crippen molar-refractivity contribution in [3.63, 3.8) is 0 Å². The third kappa shape index (κ3) is 4.11. The molecular weight excluding hydrogens is 406 g/mol. The van der Waals surface area contributed by atoms with Gasteiger partial charge < -0.3 is 9.67 Å². The van der Waals surface area contributed by atoms with Crippen LogP contribution in [-0.4, -0.2) is 20.6 Å². The third-order valence-electron chi connectivity index (χ3n) is 5.18. The van der Waals surface area contributed by atoms with E-state index in [0.717, 1.165) is 22.0 Å². The van der Waals surface area contributed by atoms with Gasteiger partial charge in [0, 0.05) is 41.3 Å². The van der Waals surface area contributed by atoms with Crippen molar-refractivity contribution in [2.24, 2.45) is 0 Å². The Balaban J connectivity index is 1.72. The summed E-state index contributed by atoms with van der Waals surface area (Å²) in [4.78, 5) is 21.5. The van der Waals surface area contributed by atoms with Crippen molar-refractivity contribution in [1.29, 1.82) is 5.26 Å². The van der Waals surface area contributed by atoms with Gasteiger partial charge in [0.05, 0.1) is 22.1 Å². The van der Waals surface area contributed by atoms with E-state index in [0.29, 0.717) is 17.7 Å². The number of carboxylic acid groups (broad SMARTS) is 1. The molecule has 1 aromatic heterocycles. The predicted molar refractivity (Wildman–Crippen MR) is 121 cm³/mol. The van der Waals surface area contributed by atoms with E-state index < -0.39 is 10.9 Å². The van der Waals surface area contributed by atoms with Gasteiger partial charge in [-0.3, -0.25) is 10.1 Å². The average molecular weight is 423 g/mol. The van der Waals surface area contributed by atoms with Crippen LogP contribution in [0.1, 0.15) is 27.0 Å². The second-order valence-electron chi connectivity index (χ2n) is 7.21. The quantitative estimate of drug-likeness (QED) is 0.255. The van der Waals surface area contributed by atoms with E-state index in [4.69, 9.17) is 5.11 Å². The summed E-state index contributed by atoms with van der Waals surface area (Å²) < 4.78 is 2.03. The highest BCUT2D eigenvalue weighted by Crippen LogP contribution is 2.27. The highest BCUT2D eigenvalue weighted by atomic mass is 16.6. The van der Waals surface area contributed by atoms with Gasteiger partial charge in [-0.05, 0) is 35.4 Å². The molecule has 7 heteroatoms. The number of nitro benzene ring substituents is 1. The zero-order chi connectivity index (χ0) is 22.7. The Morgan fingerprint density at radius 3 is 2.31 bits per heavy atom. The minimum atomic E-state index is -1.02. The Kier molecular flexibility index (Phi) is 5.51. The van der Waals surface area contributed by atoms with Crippen molar-refractivity contribution >= 4 is 34.2 Å². The van der Waals surface area contributed by atoms with E-state index in [1.807, 2.05) is 35.0 Å². The van der Waals surface area contributed by atoms with Crippen molar-refractivity contribution in [3.8, 4) is 6.07 Å².